The summed E-state index contributed by atoms with van der Waals surface area (Å²) >= 11 is 0. The van der Waals surface area contributed by atoms with Crippen molar-refractivity contribution in [2.75, 3.05) is 0 Å². The molecule has 0 atom stereocenters. The van der Waals surface area contributed by atoms with Gasteiger partial charge in [-0.1, -0.05) is 0 Å². The molecular weight excluding hydrogens is 180 g/mol. The van der Waals surface area contributed by atoms with Gasteiger partial charge >= 0.3 is 5.69 Å². The van der Waals surface area contributed by atoms with Crippen LogP contribution in [-0.2, 0) is 6.42 Å². The Balaban J connectivity index is 2.21. The predicted octanol–water partition coefficient (Wildman–Crippen LogP) is -0.341. The topological polar surface area (TPSA) is 69.8 Å². The first-order valence-electron chi connectivity index (χ1n) is 4.34. The number of hydrazine groups is 1. The van der Waals surface area contributed by atoms with E-state index < -0.39 is 0 Å². The lowest BCUT2D eigenvalue weighted by Crippen LogP contribution is -2.21. The van der Waals surface area contributed by atoms with E-state index in [2.05, 4.69) is 20.8 Å². The van der Waals surface area contributed by atoms with Gasteiger partial charge in [0, 0.05) is 24.5 Å². The van der Waals surface area contributed by atoms with E-state index in [9.17, 15) is 4.79 Å². The summed E-state index contributed by atoms with van der Waals surface area (Å²) in [5.41, 5.74) is 9.70. The lowest BCUT2D eigenvalue weighted by atomic mass is 9.97. The second-order valence-corrected chi connectivity index (χ2v) is 3.30. The molecule has 70 valence electrons. The molecule has 0 unspecified atom stereocenters. The number of H-pyrrole nitrogens is 1. The van der Waals surface area contributed by atoms with Crippen LogP contribution in [0.3, 0.4) is 0 Å². The summed E-state index contributed by atoms with van der Waals surface area (Å²) in [7, 11) is 0. The number of nitrogens with one attached hydrogen (secondary N) is 3. The maximum atomic E-state index is 11.0. The second-order valence-electron chi connectivity index (χ2n) is 3.30. The molecule has 3 rings (SSSR count). The Hall–Kier alpha value is -2.04. The van der Waals surface area contributed by atoms with E-state index in [4.69, 9.17) is 0 Å². The van der Waals surface area contributed by atoms with Crippen molar-refractivity contribution < 1.29 is 0 Å². The molecule has 0 spiro atoms. The van der Waals surface area contributed by atoms with E-state index in [0.717, 1.165) is 23.4 Å². The number of hydrogen-bond donors (Lipinski definition) is 3. The van der Waals surface area contributed by atoms with Gasteiger partial charge in [-0.2, -0.15) is 0 Å². The van der Waals surface area contributed by atoms with Crippen LogP contribution < -0.4 is 16.5 Å². The summed E-state index contributed by atoms with van der Waals surface area (Å²) in [5, 5.41) is 0. The van der Waals surface area contributed by atoms with E-state index in [1.54, 1.807) is 6.20 Å². The van der Waals surface area contributed by atoms with E-state index in [0.29, 0.717) is 0 Å². The van der Waals surface area contributed by atoms with E-state index >= 15 is 0 Å². The molecule has 0 amide bonds. The molecule has 5 nitrogen and oxygen atoms in total. The van der Waals surface area contributed by atoms with Crippen LogP contribution in [0.5, 0.6) is 0 Å². The van der Waals surface area contributed by atoms with Gasteiger partial charge in [-0.3, -0.25) is 0 Å². The van der Waals surface area contributed by atoms with E-state index in [1.807, 2.05) is 12.3 Å². The Labute approximate surface area is 79.5 Å². The van der Waals surface area contributed by atoms with Crippen molar-refractivity contribution in [3.8, 4) is 0 Å². The summed E-state index contributed by atoms with van der Waals surface area (Å²) in [6, 6.07) is 0. The fourth-order valence-corrected chi connectivity index (χ4v) is 1.69. The zero-order valence-electron chi connectivity index (χ0n) is 7.29. The van der Waals surface area contributed by atoms with Crippen molar-refractivity contribution in [1.82, 2.24) is 20.8 Å². The minimum absolute atomic E-state index is 0.306. The quantitative estimate of drug-likeness (QED) is 0.521. The molecule has 1 aromatic rings. The molecule has 2 aliphatic rings. The molecule has 1 aliphatic heterocycles. The molecule has 3 N–H and O–H groups in total. The highest BCUT2D eigenvalue weighted by Crippen LogP contribution is 2.25. The van der Waals surface area contributed by atoms with E-state index in [1.165, 1.54) is 5.57 Å². The SMILES string of the molecule is O=c1ncc2c([nH]1)C=C1NNC=C1C2. The van der Waals surface area contributed by atoms with Gasteiger partial charge in [0.1, 0.15) is 0 Å². The van der Waals surface area contributed by atoms with Crippen molar-refractivity contribution in [2.24, 2.45) is 0 Å². The monoisotopic (exact) mass is 188 g/mol. The lowest BCUT2D eigenvalue weighted by molar-refractivity contribution is 0.785. The molecule has 1 aromatic heterocycles. The Morgan fingerprint density at radius 3 is 3.29 bits per heavy atom. The van der Waals surface area contributed by atoms with Crippen LogP contribution in [0.4, 0.5) is 0 Å². The third-order valence-corrected chi connectivity index (χ3v) is 2.39. The molecule has 1 aliphatic carbocycles. The molecular formula is C9H8N4O. The minimum atomic E-state index is -0.306. The molecule has 0 aromatic carbocycles. The molecule has 0 fully saturated rings. The van der Waals surface area contributed by atoms with Crippen LogP contribution in [0.15, 0.2) is 28.5 Å². The summed E-state index contributed by atoms with van der Waals surface area (Å²) in [6.45, 7) is 0. The summed E-state index contributed by atoms with van der Waals surface area (Å²) < 4.78 is 0. The number of hydrogen-bond acceptors (Lipinski definition) is 4. The zero-order chi connectivity index (χ0) is 9.54. The normalized spacial score (nSPS) is 17.1. The van der Waals surface area contributed by atoms with E-state index in [-0.39, 0.29) is 5.69 Å². The fraction of sp³-hybridized carbons (Fsp3) is 0.111. The van der Waals surface area contributed by atoms with Gasteiger partial charge in [0.05, 0.1) is 5.70 Å². The number of aromatic nitrogens is 2. The van der Waals surface area contributed by atoms with Crippen molar-refractivity contribution in [1.29, 1.82) is 0 Å². The fourth-order valence-electron chi connectivity index (χ4n) is 1.69. The van der Waals surface area contributed by atoms with Crippen LogP contribution in [0, 0.1) is 0 Å². The van der Waals surface area contributed by atoms with Crippen LogP contribution in [0.2, 0.25) is 0 Å². The predicted molar refractivity (Wildman–Crippen MR) is 50.9 cm³/mol. The standard InChI is InChI=1S/C9H8N4O/c14-9-10-3-5-1-6-4-11-13-8(6)2-7(5)12-9/h2-4,11,13H,1H2,(H,10,12,14). The number of fused-ring (bicyclic) bond motifs is 2. The third kappa shape index (κ3) is 0.953. The average molecular weight is 188 g/mol. The zero-order valence-corrected chi connectivity index (χ0v) is 7.29. The number of aromatic amines is 1. The van der Waals surface area contributed by atoms with Crippen molar-refractivity contribution >= 4 is 6.08 Å². The lowest BCUT2D eigenvalue weighted by Gasteiger charge is -2.13. The Bertz CT molecular complexity index is 512. The summed E-state index contributed by atoms with van der Waals surface area (Å²) in [5.74, 6) is 0. The van der Waals surface area contributed by atoms with Gasteiger partial charge in [-0.15, -0.1) is 0 Å². The number of allylic oxidation sites excluding steroid dienone is 1. The maximum Gasteiger partial charge on any atom is 0.345 e. The highest BCUT2D eigenvalue weighted by Gasteiger charge is 2.18. The molecule has 2 heterocycles. The number of rotatable bonds is 0. The van der Waals surface area contributed by atoms with Crippen LogP contribution in [0.25, 0.3) is 6.08 Å². The van der Waals surface area contributed by atoms with Gasteiger partial charge in [0.2, 0.25) is 0 Å². The molecule has 0 radical (unpaired) electrons. The van der Waals surface area contributed by atoms with Gasteiger partial charge < -0.3 is 15.8 Å². The van der Waals surface area contributed by atoms with Crippen LogP contribution in [-0.4, -0.2) is 9.97 Å². The molecule has 0 saturated heterocycles. The van der Waals surface area contributed by atoms with Gasteiger partial charge in [-0.05, 0) is 17.2 Å². The highest BCUT2D eigenvalue weighted by molar-refractivity contribution is 5.63. The summed E-state index contributed by atoms with van der Waals surface area (Å²) in [6.07, 6.45) is 6.25. The molecule has 14 heavy (non-hydrogen) atoms. The van der Waals surface area contributed by atoms with Gasteiger partial charge in [0.15, 0.2) is 0 Å². The summed E-state index contributed by atoms with van der Waals surface area (Å²) in [4.78, 5) is 17.4. The van der Waals surface area contributed by atoms with Crippen molar-refractivity contribution in [2.45, 2.75) is 6.42 Å². The smallest absolute Gasteiger partial charge is 0.308 e. The van der Waals surface area contributed by atoms with Crippen LogP contribution >= 0.6 is 0 Å². The first-order valence-corrected chi connectivity index (χ1v) is 4.34. The van der Waals surface area contributed by atoms with Crippen LogP contribution in [0.1, 0.15) is 11.3 Å². The minimum Gasteiger partial charge on any atom is -0.308 e. The average Bonchev–Trinajstić information content (AvgIpc) is 2.61. The Morgan fingerprint density at radius 2 is 2.36 bits per heavy atom. The molecule has 0 saturated carbocycles. The second kappa shape index (κ2) is 2.47. The maximum absolute atomic E-state index is 11.0. The third-order valence-electron chi connectivity index (χ3n) is 2.39. The van der Waals surface area contributed by atoms with Crippen molar-refractivity contribution in [3.05, 3.63) is 45.4 Å². The van der Waals surface area contributed by atoms with Gasteiger partial charge in [-0.25, -0.2) is 9.78 Å². The largest absolute Gasteiger partial charge is 0.345 e. The van der Waals surface area contributed by atoms with Crippen molar-refractivity contribution in [3.63, 3.8) is 0 Å². The first-order chi connectivity index (χ1) is 6.83. The Kier molecular flexibility index (Phi) is 1.30. The molecule has 5 heteroatoms. The number of nitrogens with zero attached hydrogens (tertiary/aromatic N) is 1. The molecule has 0 bridgehead atoms. The Morgan fingerprint density at radius 1 is 1.43 bits per heavy atom. The van der Waals surface area contributed by atoms with Gasteiger partial charge in [0.25, 0.3) is 0 Å². The first kappa shape index (κ1) is 7.37. The highest BCUT2D eigenvalue weighted by atomic mass is 16.1.